The number of aromatic amines is 1. The molecule has 0 bridgehead atoms. The Labute approximate surface area is 184 Å². The maximum absolute atomic E-state index is 12.7. The molecule has 160 valence electrons. The van der Waals surface area contributed by atoms with Crippen molar-refractivity contribution in [2.45, 2.75) is 39.3 Å². The Kier molecular flexibility index (Phi) is 6.43. The van der Waals surface area contributed by atoms with Crippen LogP contribution in [0, 0.1) is 0 Å². The number of hydrogen-bond donors (Lipinski definition) is 1. The van der Waals surface area contributed by atoms with Crippen LogP contribution in [0.2, 0.25) is 0 Å². The Morgan fingerprint density at radius 1 is 1.17 bits per heavy atom. The zero-order chi connectivity index (χ0) is 21.1. The fraction of sp³-hybridized carbons (Fsp3) is 0.455. The molecule has 0 spiro atoms. The molecule has 7 nitrogen and oxygen atoms in total. The van der Waals surface area contributed by atoms with E-state index in [2.05, 4.69) is 42.9 Å². The van der Waals surface area contributed by atoms with Crippen molar-refractivity contribution in [2.75, 3.05) is 26.3 Å². The number of hydrogen-bond acceptors (Lipinski definition) is 5. The van der Waals surface area contributed by atoms with Crippen molar-refractivity contribution >= 4 is 27.0 Å². The van der Waals surface area contributed by atoms with E-state index in [1.807, 2.05) is 30.7 Å². The lowest BCUT2D eigenvalue weighted by molar-refractivity contribution is 0.177. The molecule has 0 aliphatic carbocycles. The molecule has 0 radical (unpaired) electrons. The molecule has 1 aromatic carbocycles. The number of H-pyrrole nitrogens is 1. The summed E-state index contributed by atoms with van der Waals surface area (Å²) in [6.45, 7) is 7.86. The third-order valence-electron chi connectivity index (χ3n) is 5.53. The first-order valence-corrected chi connectivity index (χ1v) is 11.2. The number of ether oxygens (including phenoxy) is 2. The van der Waals surface area contributed by atoms with Gasteiger partial charge in [-0.15, -0.1) is 0 Å². The summed E-state index contributed by atoms with van der Waals surface area (Å²) in [5.41, 5.74) is 2.46. The monoisotopic (exact) mass is 474 g/mol. The van der Waals surface area contributed by atoms with Gasteiger partial charge in [0.05, 0.1) is 25.1 Å². The highest BCUT2D eigenvalue weighted by atomic mass is 79.9. The number of nitrogens with zero attached hydrogens (tertiary/aromatic N) is 3. The van der Waals surface area contributed by atoms with Crippen LogP contribution in [-0.4, -0.2) is 45.7 Å². The number of pyridine rings is 1. The van der Waals surface area contributed by atoms with Crippen molar-refractivity contribution < 1.29 is 9.47 Å². The maximum atomic E-state index is 12.7. The van der Waals surface area contributed by atoms with Crippen molar-refractivity contribution in [3.05, 3.63) is 51.1 Å². The number of benzene rings is 1. The van der Waals surface area contributed by atoms with Gasteiger partial charge in [-0.25, -0.2) is 4.98 Å². The van der Waals surface area contributed by atoms with Crippen LogP contribution in [0.15, 0.2) is 40.0 Å². The first-order valence-electron chi connectivity index (χ1n) is 10.4. The fourth-order valence-electron chi connectivity index (χ4n) is 4.09. The predicted molar refractivity (Wildman–Crippen MR) is 120 cm³/mol. The molecule has 0 unspecified atom stereocenters. The lowest BCUT2D eigenvalue weighted by Gasteiger charge is -2.33. The molecule has 1 fully saturated rings. The fourth-order valence-corrected chi connectivity index (χ4v) is 4.54. The molecule has 8 heteroatoms. The molecule has 0 atom stereocenters. The van der Waals surface area contributed by atoms with Crippen LogP contribution in [0.5, 0.6) is 11.5 Å². The van der Waals surface area contributed by atoms with E-state index in [0.717, 1.165) is 54.0 Å². The van der Waals surface area contributed by atoms with E-state index in [1.54, 1.807) is 6.33 Å². The second-order valence-corrected chi connectivity index (χ2v) is 8.27. The number of imidazole rings is 1. The first-order chi connectivity index (χ1) is 14.6. The molecule has 1 aliphatic rings. The Morgan fingerprint density at radius 3 is 2.47 bits per heavy atom. The van der Waals surface area contributed by atoms with Gasteiger partial charge < -0.3 is 19.0 Å². The van der Waals surface area contributed by atoms with Crippen LogP contribution in [0.3, 0.4) is 0 Å². The molecule has 3 aromatic rings. The molecule has 1 aliphatic heterocycles. The van der Waals surface area contributed by atoms with Crippen LogP contribution in [0.25, 0.3) is 11.0 Å². The van der Waals surface area contributed by atoms with Crippen molar-refractivity contribution in [3.8, 4) is 11.5 Å². The highest BCUT2D eigenvalue weighted by Gasteiger charge is 2.23. The summed E-state index contributed by atoms with van der Waals surface area (Å²) in [4.78, 5) is 22.3. The van der Waals surface area contributed by atoms with Crippen LogP contribution in [-0.2, 0) is 6.54 Å². The quantitative estimate of drug-likeness (QED) is 0.557. The van der Waals surface area contributed by atoms with E-state index in [1.165, 1.54) is 5.56 Å². The lowest BCUT2D eigenvalue weighted by Crippen LogP contribution is -2.37. The molecular weight excluding hydrogens is 448 g/mol. The molecular formula is C22H27BrN4O3. The minimum absolute atomic E-state index is 0.0113. The topological polar surface area (TPSA) is 72.4 Å². The van der Waals surface area contributed by atoms with E-state index in [9.17, 15) is 4.79 Å². The van der Waals surface area contributed by atoms with Gasteiger partial charge in [0, 0.05) is 31.9 Å². The summed E-state index contributed by atoms with van der Waals surface area (Å²) in [6.07, 6.45) is 5.33. The standard InChI is InChI=1S/C22H27BrN4O3/c1-3-29-18-11-15(12-19(20(18)23)30-4-2)13-26-8-5-16(6-9-26)27-10-7-17-21(22(27)28)25-14-24-17/h7,10-12,14,16H,3-6,8-9,13H2,1-2H3,(H,24,25). The minimum Gasteiger partial charge on any atom is -0.493 e. The highest BCUT2D eigenvalue weighted by molar-refractivity contribution is 9.10. The van der Waals surface area contributed by atoms with Gasteiger partial charge in [0.2, 0.25) is 0 Å². The molecule has 1 N–H and O–H groups in total. The molecule has 0 saturated carbocycles. The van der Waals surface area contributed by atoms with E-state index in [-0.39, 0.29) is 11.6 Å². The number of fused-ring (bicyclic) bond motifs is 1. The average molecular weight is 475 g/mol. The van der Waals surface area contributed by atoms with Gasteiger partial charge in [-0.05, 0) is 66.4 Å². The first kappa shape index (κ1) is 20.9. The Bertz CT molecular complexity index is 1040. The van der Waals surface area contributed by atoms with Gasteiger partial charge in [0.1, 0.15) is 16.0 Å². The van der Waals surface area contributed by atoms with Crippen LogP contribution in [0.4, 0.5) is 0 Å². The summed E-state index contributed by atoms with van der Waals surface area (Å²) in [6, 6.07) is 6.30. The Morgan fingerprint density at radius 2 is 1.83 bits per heavy atom. The second-order valence-electron chi connectivity index (χ2n) is 7.47. The summed E-state index contributed by atoms with van der Waals surface area (Å²) in [5, 5.41) is 0. The number of rotatable bonds is 7. The smallest absolute Gasteiger partial charge is 0.278 e. The zero-order valence-electron chi connectivity index (χ0n) is 17.4. The Hall–Kier alpha value is -2.32. The van der Waals surface area contributed by atoms with E-state index in [0.29, 0.717) is 18.7 Å². The SMILES string of the molecule is CCOc1cc(CN2CCC(n3ccc4[nH]cnc4c3=O)CC2)cc(OCC)c1Br. The minimum atomic E-state index is -0.0113. The van der Waals surface area contributed by atoms with Gasteiger partial charge in [-0.2, -0.15) is 0 Å². The second kappa shape index (κ2) is 9.22. The average Bonchev–Trinajstić information content (AvgIpc) is 3.23. The van der Waals surface area contributed by atoms with Crippen molar-refractivity contribution in [1.29, 1.82) is 0 Å². The van der Waals surface area contributed by atoms with E-state index < -0.39 is 0 Å². The molecule has 2 aromatic heterocycles. The number of nitrogens with one attached hydrogen (secondary N) is 1. The van der Waals surface area contributed by atoms with Gasteiger partial charge in [0.25, 0.3) is 5.56 Å². The maximum Gasteiger partial charge on any atom is 0.278 e. The van der Waals surface area contributed by atoms with Crippen LogP contribution < -0.4 is 15.0 Å². The largest absolute Gasteiger partial charge is 0.493 e. The third kappa shape index (κ3) is 4.25. The van der Waals surface area contributed by atoms with E-state index in [4.69, 9.17) is 9.47 Å². The number of aromatic nitrogens is 3. The summed E-state index contributed by atoms with van der Waals surface area (Å²) in [7, 11) is 0. The summed E-state index contributed by atoms with van der Waals surface area (Å²) >= 11 is 3.59. The highest BCUT2D eigenvalue weighted by Crippen LogP contribution is 2.37. The van der Waals surface area contributed by atoms with E-state index >= 15 is 0 Å². The molecule has 1 saturated heterocycles. The molecule has 30 heavy (non-hydrogen) atoms. The van der Waals surface area contributed by atoms with Crippen molar-refractivity contribution in [1.82, 2.24) is 19.4 Å². The van der Waals surface area contributed by atoms with Gasteiger partial charge in [0.15, 0.2) is 5.52 Å². The number of halogens is 1. The predicted octanol–water partition coefficient (Wildman–Crippen LogP) is 4.12. The van der Waals surface area contributed by atoms with Gasteiger partial charge in [-0.3, -0.25) is 9.69 Å². The van der Waals surface area contributed by atoms with Crippen LogP contribution >= 0.6 is 15.9 Å². The zero-order valence-corrected chi connectivity index (χ0v) is 18.9. The van der Waals surface area contributed by atoms with Gasteiger partial charge in [-0.1, -0.05) is 0 Å². The lowest BCUT2D eigenvalue weighted by atomic mass is 10.0. The summed E-state index contributed by atoms with van der Waals surface area (Å²) in [5.74, 6) is 1.62. The number of piperidine rings is 1. The van der Waals surface area contributed by atoms with Crippen molar-refractivity contribution in [2.24, 2.45) is 0 Å². The normalized spacial score (nSPS) is 15.6. The molecule has 0 amide bonds. The third-order valence-corrected chi connectivity index (χ3v) is 6.31. The molecule has 4 rings (SSSR count). The molecule has 3 heterocycles. The van der Waals surface area contributed by atoms with Crippen molar-refractivity contribution in [3.63, 3.8) is 0 Å². The van der Waals surface area contributed by atoms with Crippen LogP contribution in [0.1, 0.15) is 38.3 Å². The van der Waals surface area contributed by atoms with Gasteiger partial charge >= 0.3 is 0 Å². The number of likely N-dealkylation sites (tertiary alicyclic amines) is 1. The summed E-state index contributed by atoms with van der Waals surface area (Å²) < 4.78 is 14.3. The Balaban J connectivity index is 1.45.